The Morgan fingerprint density at radius 3 is 2.33 bits per heavy atom. The van der Waals surface area contributed by atoms with Crippen LogP contribution in [-0.2, 0) is 6.54 Å². The molecule has 0 amide bonds. The normalized spacial score (nSPS) is 10.7. The maximum atomic E-state index is 13.1. The van der Waals surface area contributed by atoms with Gasteiger partial charge in [0.05, 0.1) is 25.3 Å². The number of rotatable bonds is 6. The minimum Gasteiger partial charge on any atom is -0.497 e. The van der Waals surface area contributed by atoms with Crippen LogP contribution in [0.5, 0.6) is 11.5 Å². The van der Waals surface area contributed by atoms with Gasteiger partial charge < -0.3 is 14.0 Å². The minimum absolute atomic E-state index is 0.141. The quantitative estimate of drug-likeness (QED) is 0.454. The summed E-state index contributed by atoms with van der Waals surface area (Å²) >= 11 is 0. The summed E-state index contributed by atoms with van der Waals surface area (Å²) in [5.41, 5.74) is 2.09. The van der Waals surface area contributed by atoms with Crippen molar-refractivity contribution in [1.82, 2.24) is 4.57 Å². The third-order valence-electron chi connectivity index (χ3n) is 5.07. The predicted octanol–water partition coefficient (Wildman–Crippen LogP) is 4.30. The first-order valence-corrected chi connectivity index (χ1v) is 9.54. The highest BCUT2D eigenvalue weighted by Gasteiger charge is 2.17. The monoisotopic (exact) mass is 399 g/mol. The molecule has 0 atom stereocenters. The average Bonchev–Trinajstić information content (AvgIpc) is 2.80. The van der Waals surface area contributed by atoms with Gasteiger partial charge in [0.1, 0.15) is 11.5 Å². The third kappa shape index (κ3) is 3.70. The number of ketones is 1. The zero-order chi connectivity index (χ0) is 21.1. The summed E-state index contributed by atoms with van der Waals surface area (Å²) in [6.07, 6.45) is 1.65. The second kappa shape index (κ2) is 8.25. The number of aromatic nitrogens is 1. The number of hydrogen-bond donors (Lipinski definition) is 0. The van der Waals surface area contributed by atoms with E-state index in [1.807, 2.05) is 41.0 Å². The molecule has 0 aliphatic rings. The molecule has 1 aromatic heterocycles. The first-order valence-electron chi connectivity index (χ1n) is 9.54. The van der Waals surface area contributed by atoms with Crippen LogP contribution < -0.4 is 14.9 Å². The lowest BCUT2D eigenvalue weighted by Gasteiger charge is -2.14. The fourth-order valence-corrected chi connectivity index (χ4v) is 3.50. The first-order chi connectivity index (χ1) is 14.6. The van der Waals surface area contributed by atoms with E-state index in [0.717, 1.165) is 16.8 Å². The van der Waals surface area contributed by atoms with Gasteiger partial charge >= 0.3 is 0 Å². The van der Waals surface area contributed by atoms with Crippen LogP contribution in [0.1, 0.15) is 21.5 Å². The summed E-state index contributed by atoms with van der Waals surface area (Å²) in [5.74, 6) is 1.10. The van der Waals surface area contributed by atoms with Crippen molar-refractivity contribution in [2.24, 2.45) is 0 Å². The van der Waals surface area contributed by atoms with Crippen LogP contribution in [0.3, 0.4) is 0 Å². The average molecular weight is 399 g/mol. The third-order valence-corrected chi connectivity index (χ3v) is 5.07. The number of carbonyl (C=O) groups is 1. The molecular weight excluding hydrogens is 378 g/mol. The molecule has 3 aromatic carbocycles. The molecule has 0 radical (unpaired) electrons. The SMILES string of the molecule is COc1ccc(C(=O)c2cn(Cc3cccc(OC)c3)c3ccccc3c2=O)cc1. The lowest BCUT2D eigenvalue weighted by atomic mass is 10.0. The molecule has 1 heterocycles. The predicted molar refractivity (Wildman–Crippen MR) is 117 cm³/mol. The molecule has 0 unspecified atom stereocenters. The number of pyridine rings is 1. The molecule has 0 aliphatic heterocycles. The fourth-order valence-electron chi connectivity index (χ4n) is 3.50. The van der Waals surface area contributed by atoms with Crippen LogP contribution in [0, 0.1) is 0 Å². The summed E-state index contributed by atoms with van der Waals surface area (Å²) in [6.45, 7) is 0.501. The molecular formula is C25H21NO4. The van der Waals surface area contributed by atoms with E-state index in [1.165, 1.54) is 0 Å². The van der Waals surface area contributed by atoms with Gasteiger partial charge in [-0.05, 0) is 54.1 Å². The van der Waals surface area contributed by atoms with Crippen molar-refractivity contribution < 1.29 is 14.3 Å². The Balaban J connectivity index is 1.83. The molecule has 0 spiro atoms. The van der Waals surface area contributed by atoms with E-state index >= 15 is 0 Å². The van der Waals surface area contributed by atoms with Gasteiger partial charge in [0.15, 0.2) is 5.78 Å². The van der Waals surface area contributed by atoms with Crippen molar-refractivity contribution in [2.75, 3.05) is 14.2 Å². The van der Waals surface area contributed by atoms with Crippen LogP contribution in [0.4, 0.5) is 0 Å². The van der Waals surface area contributed by atoms with Gasteiger partial charge in [-0.25, -0.2) is 0 Å². The van der Waals surface area contributed by atoms with E-state index in [2.05, 4.69) is 0 Å². The van der Waals surface area contributed by atoms with E-state index in [0.29, 0.717) is 23.2 Å². The van der Waals surface area contributed by atoms with Crippen molar-refractivity contribution in [1.29, 1.82) is 0 Å². The molecule has 5 heteroatoms. The number of ether oxygens (including phenoxy) is 2. The highest BCUT2D eigenvalue weighted by atomic mass is 16.5. The lowest BCUT2D eigenvalue weighted by Crippen LogP contribution is -2.20. The molecule has 0 saturated carbocycles. The molecule has 5 nitrogen and oxygen atoms in total. The summed E-state index contributed by atoms with van der Waals surface area (Å²) in [7, 11) is 3.19. The van der Waals surface area contributed by atoms with Crippen molar-refractivity contribution >= 4 is 16.7 Å². The molecule has 4 rings (SSSR count). The molecule has 0 aliphatic carbocycles. The molecule has 0 N–H and O–H groups in total. The number of nitrogens with zero attached hydrogens (tertiary/aromatic N) is 1. The van der Waals surface area contributed by atoms with Gasteiger partial charge in [-0.1, -0.05) is 24.3 Å². The Kier molecular flexibility index (Phi) is 5.35. The van der Waals surface area contributed by atoms with Gasteiger partial charge in [-0.2, -0.15) is 0 Å². The van der Waals surface area contributed by atoms with Crippen LogP contribution >= 0.6 is 0 Å². The van der Waals surface area contributed by atoms with Gasteiger partial charge in [-0.15, -0.1) is 0 Å². The lowest BCUT2D eigenvalue weighted by molar-refractivity contribution is 0.103. The molecule has 0 bridgehead atoms. The zero-order valence-corrected chi connectivity index (χ0v) is 16.8. The number of methoxy groups -OCH3 is 2. The van der Waals surface area contributed by atoms with Gasteiger partial charge in [0.2, 0.25) is 5.43 Å². The summed E-state index contributed by atoms with van der Waals surface area (Å²) in [4.78, 5) is 26.2. The Morgan fingerprint density at radius 2 is 1.60 bits per heavy atom. The maximum absolute atomic E-state index is 13.1. The topological polar surface area (TPSA) is 57.5 Å². The minimum atomic E-state index is -0.312. The number of benzene rings is 3. The molecule has 30 heavy (non-hydrogen) atoms. The van der Waals surface area contributed by atoms with E-state index in [4.69, 9.17) is 9.47 Å². The number of carbonyl (C=O) groups excluding carboxylic acids is 1. The summed E-state index contributed by atoms with van der Waals surface area (Å²) in [5, 5.41) is 0.514. The highest BCUT2D eigenvalue weighted by molar-refractivity contribution is 6.10. The van der Waals surface area contributed by atoms with Crippen molar-refractivity contribution in [3.8, 4) is 11.5 Å². The van der Waals surface area contributed by atoms with Crippen LogP contribution in [0.2, 0.25) is 0 Å². The maximum Gasteiger partial charge on any atom is 0.200 e. The Bertz CT molecular complexity index is 1270. The van der Waals surface area contributed by atoms with E-state index in [1.54, 1.807) is 56.8 Å². The molecule has 0 saturated heterocycles. The molecule has 4 aromatic rings. The number of para-hydroxylation sites is 1. The largest absolute Gasteiger partial charge is 0.497 e. The van der Waals surface area contributed by atoms with Crippen LogP contribution in [0.15, 0.2) is 83.8 Å². The van der Waals surface area contributed by atoms with Crippen molar-refractivity contribution in [2.45, 2.75) is 6.54 Å². The molecule has 150 valence electrons. The van der Waals surface area contributed by atoms with Crippen molar-refractivity contribution in [3.05, 3.63) is 106 Å². The summed E-state index contributed by atoms with van der Waals surface area (Å²) < 4.78 is 12.4. The number of fused-ring (bicyclic) bond motifs is 1. The fraction of sp³-hybridized carbons (Fsp3) is 0.120. The Labute approximate surface area is 174 Å². The Hall–Kier alpha value is -3.86. The number of hydrogen-bond acceptors (Lipinski definition) is 4. The van der Waals surface area contributed by atoms with E-state index in [9.17, 15) is 9.59 Å². The second-order valence-electron chi connectivity index (χ2n) is 6.93. The van der Waals surface area contributed by atoms with Crippen molar-refractivity contribution in [3.63, 3.8) is 0 Å². The van der Waals surface area contributed by atoms with Gasteiger partial charge in [0, 0.05) is 23.7 Å². The summed E-state index contributed by atoms with van der Waals surface area (Å²) in [6, 6.07) is 21.8. The van der Waals surface area contributed by atoms with Crippen LogP contribution in [0.25, 0.3) is 10.9 Å². The van der Waals surface area contributed by atoms with E-state index < -0.39 is 0 Å². The van der Waals surface area contributed by atoms with Crippen LogP contribution in [-0.4, -0.2) is 24.6 Å². The smallest absolute Gasteiger partial charge is 0.200 e. The second-order valence-corrected chi connectivity index (χ2v) is 6.93. The highest BCUT2D eigenvalue weighted by Crippen LogP contribution is 2.19. The molecule has 0 fully saturated rings. The van der Waals surface area contributed by atoms with E-state index in [-0.39, 0.29) is 16.8 Å². The zero-order valence-electron chi connectivity index (χ0n) is 16.8. The van der Waals surface area contributed by atoms with Gasteiger partial charge in [0.25, 0.3) is 0 Å². The Morgan fingerprint density at radius 1 is 0.867 bits per heavy atom. The van der Waals surface area contributed by atoms with Gasteiger partial charge in [-0.3, -0.25) is 9.59 Å². The first kappa shape index (κ1) is 19.5. The standard InChI is InChI=1S/C25H21NO4/c1-29-19-12-10-18(11-13-19)24(27)22-16-26(15-17-6-5-7-20(14-17)30-2)23-9-4-3-8-21(23)25(22)28/h3-14,16H,15H2,1-2H3.